The quantitative estimate of drug-likeness (QED) is 0.256. The SMILES string of the molecule is CCOC(=O)[C@@H](CC(C)C)NC(=O)[C@H](N)CCc1nc2cc(N(CCCl)CCCl)ccc2n1C.Cl.Cl. The lowest BCUT2D eigenvalue weighted by molar-refractivity contribution is -0.148. The highest BCUT2D eigenvalue weighted by atomic mass is 35.5. The van der Waals surface area contributed by atoms with Crippen molar-refractivity contribution in [1.82, 2.24) is 14.9 Å². The molecule has 206 valence electrons. The first-order valence-electron chi connectivity index (χ1n) is 11.8. The molecule has 1 amide bonds. The van der Waals surface area contributed by atoms with Crippen LogP contribution in [-0.2, 0) is 27.8 Å². The number of aryl methyl sites for hydroxylation is 2. The Morgan fingerprint density at radius 1 is 1.19 bits per heavy atom. The lowest BCUT2D eigenvalue weighted by Crippen LogP contribution is -2.49. The van der Waals surface area contributed by atoms with Crippen molar-refractivity contribution in [2.45, 2.75) is 52.1 Å². The summed E-state index contributed by atoms with van der Waals surface area (Å²) in [6.07, 6.45) is 1.42. The van der Waals surface area contributed by atoms with Crippen LogP contribution < -0.4 is 16.0 Å². The summed E-state index contributed by atoms with van der Waals surface area (Å²) >= 11 is 11.9. The summed E-state index contributed by atoms with van der Waals surface area (Å²) in [6.45, 7) is 7.38. The molecule has 0 aliphatic heterocycles. The molecule has 2 aromatic rings. The maximum absolute atomic E-state index is 12.7. The van der Waals surface area contributed by atoms with Crippen molar-refractivity contribution >= 4 is 76.6 Å². The number of hydrogen-bond acceptors (Lipinski definition) is 6. The van der Waals surface area contributed by atoms with Crippen LogP contribution in [0.15, 0.2) is 18.2 Å². The number of ether oxygens (including phenoxy) is 1. The van der Waals surface area contributed by atoms with Gasteiger partial charge in [-0.25, -0.2) is 9.78 Å². The molecule has 0 aliphatic carbocycles. The Kier molecular flexibility index (Phi) is 16.4. The minimum absolute atomic E-state index is 0. The van der Waals surface area contributed by atoms with Gasteiger partial charge in [0.15, 0.2) is 0 Å². The number of hydrogen-bond donors (Lipinski definition) is 2. The molecule has 2 atom stereocenters. The predicted octanol–water partition coefficient (Wildman–Crippen LogP) is 4.05. The van der Waals surface area contributed by atoms with Crippen LogP contribution in [0.2, 0.25) is 0 Å². The average molecular weight is 587 g/mol. The average Bonchev–Trinajstić information content (AvgIpc) is 3.11. The first kappa shape index (κ1) is 34.6. The standard InChI is InChI=1S/C24H37Cl2N5O3.2ClH/c1-5-34-24(33)20(14-16(2)3)29-23(32)18(27)7-9-22-28-19-15-17(6-8-21(19)30(22)4)31(12-10-25)13-11-26;;/h6,8,15-16,18,20H,5,7,9-14,27H2,1-4H3,(H,29,32);2*1H/t18-,20-;;/m1../s1. The van der Waals surface area contributed by atoms with E-state index in [1.165, 1.54) is 0 Å². The van der Waals surface area contributed by atoms with Crippen LogP contribution >= 0.6 is 48.0 Å². The van der Waals surface area contributed by atoms with E-state index in [-0.39, 0.29) is 43.2 Å². The molecule has 0 bridgehead atoms. The fourth-order valence-corrected chi connectivity index (χ4v) is 4.26. The van der Waals surface area contributed by atoms with E-state index in [1.54, 1.807) is 6.92 Å². The van der Waals surface area contributed by atoms with Crippen LogP contribution in [0.5, 0.6) is 0 Å². The predicted molar refractivity (Wildman–Crippen MR) is 153 cm³/mol. The number of amides is 1. The number of benzene rings is 1. The van der Waals surface area contributed by atoms with Crippen LogP contribution in [0.3, 0.4) is 0 Å². The third-order valence-electron chi connectivity index (χ3n) is 5.64. The van der Waals surface area contributed by atoms with E-state index in [2.05, 4.69) is 10.2 Å². The van der Waals surface area contributed by atoms with Crippen molar-refractivity contribution in [3.63, 3.8) is 0 Å². The molecule has 1 aromatic heterocycles. The topological polar surface area (TPSA) is 102 Å². The number of nitrogens with one attached hydrogen (secondary N) is 1. The molecule has 1 heterocycles. The molecule has 2 rings (SSSR count). The van der Waals surface area contributed by atoms with Crippen LogP contribution in [0.1, 0.15) is 39.4 Å². The lowest BCUT2D eigenvalue weighted by Gasteiger charge is -2.22. The number of aromatic nitrogens is 2. The molecular weight excluding hydrogens is 548 g/mol. The number of alkyl halides is 2. The number of carbonyl (C=O) groups is 2. The molecule has 0 radical (unpaired) electrons. The van der Waals surface area contributed by atoms with E-state index >= 15 is 0 Å². The fourth-order valence-electron chi connectivity index (χ4n) is 3.86. The van der Waals surface area contributed by atoms with Crippen molar-refractivity contribution in [3.05, 3.63) is 24.0 Å². The van der Waals surface area contributed by atoms with Gasteiger partial charge in [-0.3, -0.25) is 4.79 Å². The first-order chi connectivity index (χ1) is 16.2. The Morgan fingerprint density at radius 2 is 1.83 bits per heavy atom. The van der Waals surface area contributed by atoms with E-state index in [0.717, 1.165) is 22.5 Å². The van der Waals surface area contributed by atoms with Gasteiger partial charge in [-0.15, -0.1) is 48.0 Å². The van der Waals surface area contributed by atoms with Gasteiger partial charge in [-0.05, 0) is 43.9 Å². The third kappa shape index (κ3) is 9.78. The third-order valence-corrected chi connectivity index (χ3v) is 5.98. The van der Waals surface area contributed by atoms with Crippen molar-refractivity contribution in [3.8, 4) is 0 Å². The number of halogens is 4. The van der Waals surface area contributed by atoms with Crippen molar-refractivity contribution in [2.24, 2.45) is 18.7 Å². The van der Waals surface area contributed by atoms with Crippen molar-refractivity contribution in [1.29, 1.82) is 0 Å². The molecule has 0 aliphatic rings. The zero-order valence-electron chi connectivity index (χ0n) is 21.3. The van der Waals surface area contributed by atoms with Gasteiger partial charge in [-0.2, -0.15) is 0 Å². The normalized spacial score (nSPS) is 12.4. The first-order valence-corrected chi connectivity index (χ1v) is 12.8. The van der Waals surface area contributed by atoms with Gasteiger partial charge in [0, 0.05) is 44.0 Å². The number of nitrogens with two attached hydrogens (primary N) is 1. The van der Waals surface area contributed by atoms with E-state index in [0.29, 0.717) is 44.1 Å². The summed E-state index contributed by atoms with van der Waals surface area (Å²) in [6, 6.07) is 4.63. The molecule has 1 aromatic carbocycles. The summed E-state index contributed by atoms with van der Waals surface area (Å²) in [5.74, 6) is 1.28. The Labute approximate surface area is 236 Å². The van der Waals surface area contributed by atoms with Gasteiger partial charge in [-0.1, -0.05) is 13.8 Å². The van der Waals surface area contributed by atoms with Gasteiger partial charge in [0.1, 0.15) is 11.9 Å². The molecule has 8 nitrogen and oxygen atoms in total. The maximum Gasteiger partial charge on any atom is 0.328 e. The van der Waals surface area contributed by atoms with E-state index in [4.69, 9.17) is 38.7 Å². The molecule has 3 N–H and O–H groups in total. The molecular formula is C24H39Cl4N5O3. The van der Waals surface area contributed by atoms with Crippen molar-refractivity contribution in [2.75, 3.05) is 36.4 Å². The van der Waals surface area contributed by atoms with Gasteiger partial charge in [0.25, 0.3) is 0 Å². The summed E-state index contributed by atoms with van der Waals surface area (Å²) in [5.41, 5.74) is 9.03. The van der Waals surface area contributed by atoms with Crippen LogP contribution in [0.25, 0.3) is 11.0 Å². The Balaban J connectivity index is 0.00000612. The van der Waals surface area contributed by atoms with Gasteiger partial charge in [0.05, 0.1) is 23.7 Å². The van der Waals surface area contributed by atoms with Crippen LogP contribution in [0.4, 0.5) is 5.69 Å². The highest BCUT2D eigenvalue weighted by Crippen LogP contribution is 2.23. The second-order valence-corrected chi connectivity index (χ2v) is 9.47. The Morgan fingerprint density at radius 3 is 2.39 bits per heavy atom. The van der Waals surface area contributed by atoms with Gasteiger partial charge >= 0.3 is 5.97 Å². The molecule has 36 heavy (non-hydrogen) atoms. The molecule has 0 saturated carbocycles. The van der Waals surface area contributed by atoms with Crippen LogP contribution in [0, 0.1) is 5.92 Å². The summed E-state index contributed by atoms with van der Waals surface area (Å²) in [5, 5.41) is 2.76. The summed E-state index contributed by atoms with van der Waals surface area (Å²) < 4.78 is 7.11. The van der Waals surface area contributed by atoms with E-state index in [1.807, 2.05) is 43.7 Å². The number of nitrogens with zero attached hydrogens (tertiary/aromatic N) is 3. The minimum atomic E-state index is -0.762. The monoisotopic (exact) mass is 585 g/mol. The Bertz CT molecular complexity index is 951. The lowest BCUT2D eigenvalue weighted by atomic mass is 10.0. The second kappa shape index (κ2) is 17.1. The van der Waals surface area contributed by atoms with Gasteiger partial charge in [0.2, 0.25) is 5.91 Å². The number of esters is 1. The molecule has 0 unspecified atom stereocenters. The zero-order valence-corrected chi connectivity index (χ0v) is 24.5. The Hall–Kier alpha value is -1.45. The zero-order chi connectivity index (χ0) is 25.3. The van der Waals surface area contributed by atoms with E-state index < -0.39 is 18.1 Å². The maximum atomic E-state index is 12.7. The molecule has 0 saturated heterocycles. The smallest absolute Gasteiger partial charge is 0.328 e. The number of imidazole rings is 1. The number of fused-ring (bicyclic) bond motifs is 1. The number of rotatable bonds is 14. The summed E-state index contributed by atoms with van der Waals surface area (Å²) in [7, 11) is 1.95. The second-order valence-electron chi connectivity index (χ2n) is 8.71. The molecule has 0 spiro atoms. The largest absolute Gasteiger partial charge is 0.464 e. The van der Waals surface area contributed by atoms with E-state index in [9.17, 15) is 9.59 Å². The highest BCUT2D eigenvalue weighted by Gasteiger charge is 2.26. The van der Waals surface area contributed by atoms with Crippen LogP contribution in [-0.4, -0.2) is 65.0 Å². The van der Waals surface area contributed by atoms with Gasteiger partial charge < -0.3 is 25.3 Å². The fraction of sp³-hybridized carbons (Fsp3) is 0.625. The highest BCUT2D eigenvalue weighted by molar-refractivity contribution is 6.18. The summed E-state index contributed by atoms with van der Waals surface area (Å²) in [4.78, 5) is 31.8. The molecule has 0 fully saturated rings. The number of anilines is 1. The minimum Gasteiger partial charge on any atom is -0.464 e. The number of carbonyl (C=O) groups excluding carboxylic acids is 2. The molecule has 12 heteroatoms. The van der Waals surface area contributed by atoms with Crippen molar-refractivity contribution < 1.29 is 14.3 Å².